The molecule has 0 aliphatic heterocycles. The van der Waals surface area contributed by atoms with Gasteiger partial charge in [0, 0.05) is 31.4 Å². The molecule has 1 aromatic heterocycles. The molecule has 0 spiro atoms. The van der Waals surface area contributed by atoms with Crippen LogP contribution in [0.5, 0.6) is 0 Å². The molecule has 0 N–H and O–H groups in total. The van der Waals surface area contributed by atoms with Gasteiger partial charge >= 0.3 is 0 Å². The van der Waals surface area contributed by atoms with E-state index in [4.69, 9.17) is 4.74 Å². The van der Waals surface area contributed by atoms with Crippen LogP contribution in [-0.4, -0.2) is 19.5 Å². The van der Waals surface area contributed by atoms with Crippen LogP contribution in [0.15, 0.2) is 17.5 Å². The minimum atomic E-state index is 0.339. The summed E-state index contributed by atoms with van der Waals surface area (Å²) in [4.78, 5) is 12.9. The third kappa shape index (κ3) is 5.09. The number of rotatable bonds is 7. The summed E-state index contributed by atoms with van der Waals surface area (Å²) in [6, 6.07) is 4.11. The lowest BCUT2D eigenvalue weighted by Crippen LogP contribution is -2.10. The van der Waals surface area contributed by atoms with Crippen LogP contribution >= 0.6 is 11.3 Å². The summed E-state index contributed by atoms with van der Waals surface area (Å²) < 4.78 is 5.00. The van der Waals surface area contributed by atoms with E-state index in [0.717, 1.165) is 6.42 Å². The highest BCUT2D eigenvalue weighted by atomic mass is 32.1. The smallest absolute Gasteiger partial charge is 0.133 e. The molecule has 1 heterocycles. The minimum absolute atomic E-state index is 0.339. The van der Waals surface area contributed by atoms with Crippen molar-refractivity contribution in [3.63, 3.8) is 0 Å². The second-order valence-corrected chi connectivity index (χ2v) is 4.91. The summed E-state index contributed by atoms with van der Waals surface area (Å²) in [6.07, 6.45) is 2.18. The van der Waals surface area contributed by atoms with Gasteiger partial charge in [0.1, 0.15) is 5.78 Å². The van der Waals surface area contributed by atoms with E-state index in [1.807, 2.05) is 18.4 Å². The number of carbonyl (C=O) groups excluding carboxylic acids is 1. The van der Waals surface area contributed by atoms with Gasteiger partial charge in [-0.3, -0.25) is 4.79 Å². The largest absolute Gasteiger partial charge is 0.384 e. The number of methoxy groups -OCH3 is 1. The predicted molar refractivity (Wildman–Crippen MR) is 63.3 cm³/mol. The van der Waals surface area contributed by atoms with Gasteiger partial charge in [-0.05, 0) is 23.8 Å². The molecule has 0 saturated heterocycles. The molecule has 0 amide bonds. The fourth-order valence-corrected chi connectivity index (χ4v) is 2.26. The summed E-state index contributed by atoms with van der Waals surface area (Å²) in [5.41, 5.74) is 0. The molecule has 0 aliphatic rings. The maximum atomic E-state index is 11.6. The Morgan fingerprint density at radius 2 is 2.40 bits per heavy atom. The van der Waals surface area contributed by atoms with Crippen LogP contribution in [-0.2, 0) is 16.0 Å². The van der Waals surface area contributed by atoms with Gasteiger partial charge in [0.25, 0.3) is 0 Å². The zero-order chi connectivity index (χ0) is 11.1. The first-order valence-electron chi connectivity index (χ1n) is 5.25. The van der Waals surface area contributed by atoms with E-state index < -0.39 is 0 Å². The van der Waals surface area contributed by atoms with Crippen LogP contribution in [0, 0.1) is 5.92 Å². The number of ketones is 1. The van der Waals surface area contributed by atoms with Gasteiger partial charge in [0.05, 0.1) is 0 Å². The molecule has 0 radical (unpaired) electrons. The highest BCUT2D eigenvalue weighted by Crippen LogP contribution is 2.13. The standard InChI is InChI=1S/C12H18O2S/c1-10(9-14-2)8-11(13)5-6-12-4-3-7-15-12/h3-4,7,10H,5-6,8-9H2,1-2H3. The van der Waals surface area contributed by atoms with Gasteiger partial charge in [-0.2, -0.15) is 0 Å². The van der Waals surface area contributed by atoms with Gasteiger partial charge in [0.2, 0.25) is 0 Å². The van der Waals surface area contributed by atoms with E-state index in [2.05, 4.69) is 6.07 Å². The number of thiophene rings is 1. The average Bonchev–Trinajstić information content (AvgIpc) is 2.67. The molecule has 3 heteroatoms. The number of carbonyl (C=O) groups is 1. The summed E-state index contributed by atoms with van der Waals surface area (Å²) in [5.74, 6) is 0.679. The summed E-state index contributed by atoms with van der Waals surface area (Å²) in [7, 11) is 1.67. The Morgan fingerprint density at radius 1 is 1.60 bits per heavy atom. The van der Waals surface area contributed by atoms with E-state index in [-0.39, 0.29) is 0 Å². The van der Waals surface area contributed by atoms with Crippen molar-refractivity contribution in [2.24, 2.45) is 5.92 Å². The molecular weight excluding hydrogens is 208 g/mol. The third-order valence-corrected chi connectivity index (χ3v) is 3.19. The first-order valence-corrected chi connectivity index (χ1v) is 6.13. The van der Waals surface area contributed by atoms with E-state index in [0.29, 0.717) is 31.1 Å². The summed E-state index contributed by atoms with van der Waals surface area (Å²) in [6.45, 7) is 2.72. The van der Waals surface area contributed by atoms with Crippen LogP contribution in [0.2, 0.25) is 0 Å². The number of hydrogen-bond donors (Lipinski definition) is 0. The molecule has 2 nitrogen and oxygen atoms in total. The predicted octanol–water partition coefficient (Wildman–Crippen LogP) is 2.92. The van der Waals surface area contributed by atoms with Crippen LogP contribution in [0.3, 0.4) is 0 Å². The number of hydrogen-bond acceptors (Lipinski definition) is 3. The molecule has 1 unspecified atom stereocenters. The van der Waals surface area contributed by atoms with Gasteiger partial charge < -0.3 is 4.74 Å². The Morgan fingerprint density at radius 3 is 3.00 bits per heavy atom. The summed E-state index contributed by atoms with van der Waals surface area (Å²) >= 11 is 1.72. The Balaban J connectivity index is 2.19. The van der Waals surface area contributed by atoms with Gasteiger partial charge in [-0.25, -0.2) is 0 Å². The highest BCUT2D eigenvalue weighted by molar-refractivity contribution is 7.09. The molecule has 15 heavy (non-hydrogen) atoms. The Bertz CT molecular complexity index is 280. The maximum Gasteiger partial charge on any atom is 0.133 e. The zero-order valence-corrected chi connectivity index (χ0v) is 10.2. The molecule has 84 valence electrons. The second kappa shape index (κ2) is 6.75. The topological polar surface area (TPSA) is 26.3 Å². The van der Waals surface area contributed by atoms with Crippen molar-refractivity contribution in [3.05, 3.63) is 22.4 Å². The van der Waals surface area contributed by atoms with Crippen molar-refractivity contribution in [1.29, 1.82) is 0 Å². The maximum absolute atomic E-state index is 11.6. The molecule has 0 saturated carbocycles. The SMILES string of the molecule is COCC(C)CC(=O)CCc1cccs1. The van der Waals surface area contributed by atoms with Crippen molar-refractivity contribution < 1.29 is 9.53 Å². The fraction of sp³-hybridized carbons (Fsp3) is 0.583. The van der Waals surface area contributed by atoms with E-state index >= 15 is 0 Å². The number of aryl methyl sites for hydroxylation is 1. The molecule has 0 bridgehead atoms. The molecular formula is C12H18O2S. The quantitative estimate of drug-likeness (QED) is 0.714. The lowest BCUT2D eigenvalue weighted by molar-refractivity contribution is -0.120. The molecule has 0 aromatic carbocycles. The normalized spacial score (nSPS) is 12.7. The average molecular weight is 226 g/mol. The molecule has 1 aromatic rings. The Hall–Kier alpha value is -0.670. The van der Waals surface area contributed by atoms with E-state index in [1.165, 1.54) is 4.88 Å². The zero-order valence-electron chi connectivity index (χ0n) is 9.36. The lowest BCUT2D eigenvalue weighted by atomic mass is 10.0. The molecule has 0 fully saturated rings. The molecule has 0 aliphatic carbocycles. The van der Waals surface area contributed by atoms with Crippen LogP contribution in [0.1, 0.15) is 24.6 Å². The highest BCUT2D eigenvalue weighted by Gasteiger charge is 2.09. The van der Waals surface area contributed by atoms with Crippen molar-refractivity contribution in [2.45, 2.75) is 26.2 Å². The van der Waals surface area contributed by atoms with Crippen LogP contribution < -0.4 is 0 Å². The van der Waals surface area contributed by atoms with Gasteiger partial charge in [0.15, 0.2) is 0 Å². The fourth-order valence-electron chi connectivity index (χ4n) is 1.55. The Labute approximate surface area is 95.3 Å². The van der Waals surface area contributed by atoms with Gasteiger partial charge in [-0.1, -0.05) is 13.0 Å². The van der Waals surface area contributed by atoms with Crippen LogP contribution in [0.25, 0.3) is 0 Å². The van der Waals surface area contributed by atoms with Gasteiger partial charge in [-0.15, -0.1) is 11.3 Å². The lowest BCUT2D eigenvalue weighted by Gasteiger charge is -2.08. The van der Waals surface area contributed by atoms with E-state index in [1.54, 1.807) is 18.4 Å². The Kier molecular flexibility index (Phi) is 5.58. The third-order valence-electron chi connectivity index (χ3n) is 2.26. The number of ether oxygens (including phenoxy) is 1. The van der Waals surface area contributed by atoms with Crippen molar-refractivity contribution in [2.75, 3.05) is 13.7 Å². The van der Waals surface area contributed by atoms with Crippen molar-refractivity contribution >= 4 is 17.1 Å². The van der Waals surface area contributed by atoms with Crippen LogP contribution in [0.4, 0.5) is 0 Å². The van der Waals surface area contributed by atoms with Crippen molar-refractivity contribution in [1.82, 2.24) is 0 Å². The molecule has 1 atom stereocenters. The van der Waals surface area contributed by atoms with E-state index in [9.17, 15) is 4.79 Å². The first kappa shape index (κ1) is 12.4. The second-order valence-electron chi connectivity index (χ2n) is 3.88. The summed E-state index contributed by atoms with van der Waals surface area (Å²) in [5, 5.41) is 2.05. The van der Waals surface area contributed by atoms with Crippen molar-refractivity contribution in [3.8, 4) is 0 Å². The first-order chi connectivity index (χ1) is 7.22. The monoisotopic (exact) mass is 226 g/mol. The minimum Gasteiger partial charge on any atom is -0.384 e. The number of Topliss-reactive ketones (excluding diaryl/α,β-unsaturated/α-hetero) is 1. The molecule has 1 rings (SSSR count).